The minimum Gasteiger partial charge on any atom is -0.444 e. The number of benzene rings is 1. The van der Waals surface area contributed by atoms with Crippen molar-refractivity contribution in [2.24, 2.45) is 5.73 Å². The summed E-state index contributed by atoms with van der Waals surface area (Å²) in [4.78, 5) is 25.5. The lowest BCUT2D eigenvalue weighted by atomic mass is 10.1. The first-order valence-corrected chi connectivity index (χ1v) is 5.71. The van der Waals surface area contributed by atoms with E-state index >= 15 is 0 Å². The molecule has 1 amide bonds. The number of hydrogen-bond acceptors (Lipinski definition) is 6. The van der Waals surface area contributed by atoms with Crippen LogP contribution in [0.2, 0.25) is 0 Å². The van der Waals surface area contributed by atoms with Crippen molar-refractivity contribution < 1.29 is 14.1 Å². The number of nitro benzene ring substituents is 1. The van der Waals surface area contributed by atoms with Crippen LogP contribution in [0.5, 0.6) is 0 Å². The van der Waals surface area contributed by atoms with Gasteiger partial charge >= 0.3 is 0 Å². The van der Waals surface area contributed by atoms with Gasteiger partial charge in [-0.15, -0.1) is 0 Å². The number of oxazole rings is 1. The van der Waals surface area contributed by atoms with Crippen LogP contribution in [0.1, 0.15) is 22.0 Å². The van der Waals surface area contributed by atoms with Crippen LogP contribution in [0.15, 0.2) is 28.8 Å². The molecule has 8 heteroatoms. The Morgan fingerprint density at radius 3 is 2.85 bits per heavy atom. The Hall–Kier alpha value is -2.90. The van der Waals surface area contributed by atoms with Gasteiger partial charge in [0.15, 0.2) is 0 Å². The van der Waals surface area contributed by atoms with E-state index in [2.05, 4.69) is 10.3 Å². The molecule has 1 aromatic carbocycles. The van der Waals surface area contributed by atoms with Crippen LogP contribution in [-0.4, -0.2) is 15.8 Å². The third-order valence-electron chi connectivity index (χ3n) is 2.58. The molecule has 0 radical (unpaired) electrons. The third kappa shape index (κ3) is 2.91. The lowest BCUT2D eigenvalue weighted by Gasteiger charge is -2.06. The van der Waals surface area contributed by atoms with Gasteiger partial charge < -0.3 is 15.5 Å². The fraction of sp³-hybridized carbons (Fsp3) is 0.167. The van der Waals surface area contributed by atoms with Crippen LogP contribution in [0.4, 0.5) is 11.4 Å². The van der Waals surface area contributed by atoms with Crippen molar-refractivity contribution >= 4 is 17.3 Å². The number of nitrogens with zero attached hydrogens (tertiary/aromatic N) is 2. The molecule has 2 aromatic rings. The van der Waals surface area contributed by atoms with E-state index in [1.807, 2.05) is 0 Å². The molecule has 20 heavy (non-hydrogen) atoms. The number of aryl methyl sites for hydroxylation is 1. The molecule has 0 spiro atoms. The SMILES string of the molecule is Cc1cnc(CNc2cc(C(N)=O)ccc2[N+](=O)[O-])o1. The van der Waals surface area contributed by atoms with Crippen LogP contribution in [-0.2, 0) is 6.54 Å². The molecular weight excluding hydrogens is 264 g/mol. The minimum absolute atomic E-state index is 0.154. The third-order valence-corrected chi connectivity index (χ3v) is 2.58. The van der Waals surface area contributed by atoms with Gasteiger partial charge in [0.1, 0.15) is 11.4 Å². The summed E-state index contributed by atoms with van der Waals surface area (Å²) < 4.78 is 5.25. The summed E-state index contributed by atoms with van der Waals surface area (Å²) >= 11 is 0. The van der Waals surface area contributed by atoms with E-state index in [9.17, 15) is 14.9 Å². The molecule has 0 fully saturated rings. The van der Waals surface area contributed by atoms with Gasteiger partial charge in [-0.25, -0.2) is 4.98 Å². The Morgan fingerprint density at radius 2 is 2.30 bits per heavy atom. The molecule has 2 rings (SSSR count). The summed E-state index contributed by atoms with van der Waals surface area (Å²) in [5, 5.41) is 13.7. The number of hydrogen-bond donors (Lipinski definition) is 2. The van der Waals surface area contributed by atoms with Crippen LogP contribution in [0, 0.1) is 17.0 Å². The molecule has 0 aliphatic heterocycles. The maximum atomic E-state index is 11.1. The molecule has 0 aliphatic rings. The van der Waals surface area contributed by atoms with Crippen molar-refractivity contribution in [2.45, 2.75) is 13.5 Å². The zero-order chi connectivity index (χ0) is 14.7. The normalized spacial score (nSPS) is 10.2. The summed E-state index contributed by atoms with van der Waals surface area (Å²) in [6.07, 6.45) is 1.55. The number of nitro groups is 1. The Balaban J connectivity index is 2.25. The van der Waals surface area contributed by atoms with Gasteiger partial charge in [0.05, 0.1) is 17.7 Å². The zero-order valence-electron chi connectivity index (χ0n) is 10.6. The second-order valence-corrected chi connectivity index (χ2v) is 4.07. The van der Waals surface area contributed by atoms with Gasteiger partial charge in [0, 0.05) is 11.6 Å². The van der Waals surface area contributed by atoms with Crippen LogP contribution in [0.25, 0.3) is 0 Å². The molecule has 0 atom stereocenters. The molecule has 0 saturated heterocycles. The highest BCUT2D eigenvalue weighted by molar-refractivity contribution is 5.94. The Labute approximate surface area is 113 Å². The summed E-state index contributed by atoms with van der Waals surface area (Å²) in [5.74, 6) is 0.373. The average Bonchev–Trinajstić information content (AvgIpc) is 2.81. The standard InChI is InChI=1S/C12H12N4O4/c1-7-5-15-11(20-7)6-14-9-4-8(12(13)17)2-3-10(9)16(18)19/h2-5,14H,6H2,1H3,(H2,13,17). The molecule has 0 aliphatic carbocycles. The van der Waals surface area contributed by atoms with Gasteiger partial charge in [0.25, 0.3) is 5.69 Å². The van der Waals surface area contributed by atoms with Gasteiger partial charge in [-0.3, -0.25) is 14.9 Å². The highest BCUT2D eigenvalue weighted by Gasteiger charge is 2.16. The molecule has 0 unspecified atom stereocenters. The Bertz CT molecular complexity index is 665. The van der Waals surface area contributed by atoms with E-state index in [-0.39, 0.29) is 23.5 Å². The summed E-state index contributed by atoms with van der Waals surface area (Å²) in [7, 11) is 0. The number of aromatic nitrogens is 1. The Morgan fingerprint density at radius 1 is 1.55 bits per heavy atom. The average molecular weight is 276 g/mol. The number of nitrogens with two attached hydrogens (primary N) is 1. The van der Waals surface area contributed by atoms with Gasteiger partial charge in [-0.2, -0.15) is 0 Å². The fourth-order valence-electron chi connectivity index (χ4n) is 1.64. The van der Waals surface area contributed by atoms with Crippen molar-refractivity contribution in [3.63, 3.8) is 0 Å². The summed E-state index contributed by atoms with van der Waals surface area (Å²) in [6, 6.07) is 3.86. The lowest BCUT2D eigenvalue weighted by molar-refractivity contribution is -0.384. The molecule has 1 aromatic heterocycles. The zero-order valence-corrected chi connectivity index (χ0v) is 10.6. The number of amides is 1. The number of carbonyl (C=O) groups is 1. The molecular formula is C12H12N4O4. The minimum atomic E-state index is -0.657. The number of primary amides is 1. The number of anilines is 1. The predicted octanol–water partition coefficient (Wildman–Crippen LogP) is 1.60. The van der Waals surface area contributed by atoms with E-state index in [0.717, 1.165) is 0 Å². The molecule has 0 saturated carbocycles. The first-order chi connectivity index (χ1) is 9.47. The fourth-order valence-corrected chi connectivity index (χ4v) is 1.64. The van der Waals surface area contributed by atoms with E-state index < -0.39 is 10.8 Å². The second-order valence-electron chi connectivity index (χ2n) is 4.07. The van der Waals surface area contributed by atoms with Crippen molar-refractivity contribution in [3.05, 3.63) is 51.7 Å². The molecule has 104 valence electrons. The van der Waals surface area contributed by atoms with Crippen LogP contribution < -0.4 is 11.1 Å². The van der Waals surface area contributed by atoms with Crippen molar-refractivity contribution in [2.75, 3.05) is 5.32 Å². The topological polar surface area (TPSA) is 124 Å². The van der Waals surface area contributed by atoms with E-state index in [1.165, 1.54) is 18.2 Å². The van der Waals surface area contributed by atoms with E-state index in [1.54, 1.807) is 13.1 Å². The maximum absolute atomic E-state index is 11.1. The van der Waals surface area contributed by atoms with Crippen molar-refractivity contribution in [3.8, 4) is 0 Å². The van der Waals surface area contributed by atoms with Crippen molar-refractivity contribution in [1.82, 2.24) is 4.98 Å². The van der Waals surface area contributed by atoms with Gasteiger partial charge in [-0.05, 0) is 19.1 Å². The summed E-state index contributed by atoms with van der Waals surface area (Å²) in [6.45, 7) is 1.91. The Kier molecular flexibility index (Phi) is 3.65. The van der Waals surface area contributed by atoms with E-state index in [4.69, 9.17) is 10.2 Å². The number of carbonyl (C=O) groups excluding carboxylic acids is 1. The predicted molar refractivity (Wildman–Crippen MR) is 70.2 cm³/mol. The van der Waals surface area contributed by atoms with Crippen LogP contribution in [0.3, 0.4) is 0 Å². The monoisotopic (exact) mass is 276 g/mol. The van der Waals surface area contributed by atoms with Crippen molar-refractivity contribution in [1.29, 1.82) is 0 Å². The van der Waals surface area contributed by atoms with E-state index in [0.29, 0.717) is 11.7 Å². The highest BCUT2D eigenvalue weighted by Crippen LogP contribution is 2.25. The largest absolute Gasteiger partial charge is 0.444 e. The molecule has 0 bridgehead atoms. The lowest BCUT2D eigenvalue weighted by Crippen LogP contribution is -2.12. The molecule has 3 N–H and O–H groups in total. The number of rotatable bonds is 5. The van der Waals surface area contributed by atoms with Gasteiger partial charge in [-0.1, -0.05) is 0 Å². The summed E-state index contributed by atoms with van der Waals surface area (Å²) in [5.41, 5.74) is 5.36. The number of nitrogens with one attached hydrogen (secondary N) is 1. The smallest absolute Gasteiger partial charge is 0.292 e. The second kappa shape index (κ2) is 5.39. The first-order valence-electron chi connectivity index (χ1n) is 5.71. The molecule has 8 nitrogen and oxygen atoms in total. The molecule has 1 heterocycles. The highest BCUT2D eigenvalue weighted by atomic mass is 16.6. The van der Waals surface area contributed by atoms with Crippen LogP contribution >= 0.6 is 0 Å². The van der Waals surface area contributed by atoms with Gasteiger partial charge in [0.2, 0.25) is 11.8 Å². The first kappa shape index (κ1) is 13.5. The maximum Gasteiger partial charge on any atom is 0.292 e. The quantitative estimate of drug-likeness (QED) is 0.631.